The minimum absolute atomic E-state index is 0.134. The van der Waals surface area contributed by atoms with Crippen LogP contribution in [-0.2, 0) is 0 Å². The van der Waals surface area contributed by atoms with Crippen LogP contribution in [0.15, 0.2) is 16.6 Å². The van der Waals surface area contributed by atoms with Crippen LogP contribution in [0.25, 0.3) is 0 Å². The third-order valence-electron chi connectivity index (χ3n) is 1.40. The first kappa shape index (κ1) is 10.1. The number of rotatable bonds is 1. The van der Waals surface area contributed by atoms with E-state index >= 15 is 0 Å². The highest BCUT2D eigenvalue weighted by molar-refractivity contribution is 14.1. The summed E-state index contributed by atoms with van der Waals surface area (Å²) in [6.07, 6.45) is 0. The number of ketones is 1. The third-order valence-corrected chi connectivity index (χ3v) is 3.07. The van der Waals surface area contributed by atoms with Crippen molar-refractivity contribution in [1.29, 1.82) is 0 Å². The first-order valence-corrected chi connectivity index (χ1v) is 5.05. The van der Waals surface area contributed by atoms with E-state index < -0.39 is 5.82 Å². The van der Waals surface area contributed by atoms with Crippen LogP contribution in [0.2, 0.25) is 0 Å². The Morgan fingerprint density at radius 1 is 1.58 bits per heavy atom. The number of hydrogen-bond donors (Lipinski definition) is 0. The molecule has 0 fully saturated rings. The van der Waals surface area contributed by atoms with Crippen LogP contribution < -0.4 is 0 Å². The molecule has 0 saturated heterocycles. The SMILES string of the molecule is CC(=O)c1c(I)ccc(F)c1Br. The van der Waals surface area contributed by atoms with Gasteiger partial charge in [-0.05, 0) is 57.6 Å². The topological polar surface area (TPSA) is 17.1 Å². The predicted octanol–water partition coefficient (Wildman–Crippen LogP) is 3.40. The van der Waals surface area contributed by atoms with Crippen LogP contribution >= 0.6 is 38.5 Å². The highest BCUT2D eigenvalue weighted by atomic mass is 127. The number of halogens is 3. The predicted molar refractivity (Wildman–Crippen MR) is 56.8 cm³/mol. The Hall–Kier alpha value is 0.0300. The zero-order valence-corrected chi connectivity index (χ0v) is 9.94. The van der Waals surface area contributed by atoms with E-state index in [0.717, 1.165) is 3.57 Å². The molecule has 0 radical (unpaired) electrons. The Labute approximate surface area is 91.6 Å². The fourth-order valence-electron chi connectivity index (χ4n) is 0.850. The van der Waals surface area contributed by atoms with Crippen molar-refractivity contribution in [3.05, 3.63) is 31.6 Å². The number of carbonyl (C=O) groups is 1. The van der Waals surface area contributed by atoms with E-state index in [1.54, 1.807) is 6.07 Å². The zero-order valence-electron chi connectivity index (χ0n) is 6.20. The van der Waals surface area contributed by atoms with Gasteiger partial charge in [0.15, 0.2) is 5.78 Å². The number of hydrogen-bond acceptors (Lipinski definition) is 1. The quantitative estimate of drug-likeness (QED) is 0.434. The fourth-order valence-corrected chi connectivity index (χ4v) is 2.67. The molecule has 0 aromatic heterocycles. The van der Waals surface area contributed by atoms with E-state index in [1.807, 2.05) is 22.6 Å². The normalized spacial score (nSPS) is 10.0. The van der Waals surface area contributed by atoms with Gasteiger partial charge < -0.3 is 0 Å². The largest absolute Gasteiger partial charge is 0.294 e. The first-order valence-electron chi connectivity index (χ1n) is 3.18. The van der Waals surface area contributed by atoms with Crippen LogP contribution in [0.4, 0.5) is 4.39 Å². The maximum atomic E-state index is 12.9. The van der Waals surface area contributed by atoms with Gasteiger partial charge in [0.2, 0.25) is 0 Å². The molecule has 0 bridgehead atoms. The molecule has 0 aliphatic carbocycles. The Kier molecular flexibility index (Phi) is 3.22. The molecule has 4 heteroatoms. The average molecular weight is 343 g/mol. The fraction of sp³-hybridized carbons (Fsp3) is 0.125. The molecule has 0 heterocycles. The minimum atomic E-state index is -0.402. The maximum Gasteiger partial charge on any atom is 0.162 e. The summed E-state index contributed by atoms with van der Waals surface area (Å²) in [5, 5.41) is 0. The van der Waals surface area contributed by atoms with Crippen LogP contribution in [0.3, 0.4) is 0 Å². The molecule has 0 atom stereocenters. The van der Waals surface area contributed by atoms with E-state index in [4.69, 9.17) is 0 Å². The van der Waals surface area contributed by atoms with Crippen molar-refractivity contribution in [2.24, 2.45) is 0 Å². The summed E-state index contributed by atoms with van der Waals surface area (Å²) in [5.41, 5.74) is 0.413. The molecule has 0 aliphatic rings. The summed E-state index contributed by atoms with van der Waals surface area (Å²) in [6, 6.07) is 2.91. The molecule has 1 nitrogen and oxygen atoms in total. The smallest absolute Gasteiger partial charge is 0.162 e. The molecule has 1 aromatic carbocycles. The molecular formula is C8H5BrFIO. The standard InChI is InChI=1S/C8H5BrFIO/c1-4(12)7-6(11)3-2-5(10)8(7)9/h2-3H,1H3. The van der Waals surface area contributed by atoms with E-state index in [-0.39, 0.29) is 10.3 Å². The van der Waals surface area contributed by atoms with Crippen molar-refractivity contribution in [3.63, 3.8) is 0 Å². The highest BCUT2D eigenvalue weighted by Gasteiger charge is 2.12. The summed E-state index contributed by atoms with van der Waals surface area (Å²) in [6.45, 7) is 1.42. The molecule has 0 saturated carbocycles. The van der Waals surface area contributed by atoms with Crippen molar-refractivity contribution < 1.29 is 9.18 Å². The molecule has 64 valence electrons. The molecule has 0 N–H and O–H groups in total. The van der Waals surface area contributed by atoms with Gasteiger partial charge in [-0.1, -0.05) is 0 Å². The summed E-state index contributed by atoms with van der Waals surface area (Å²) in [5.74, 6) is -0.536. The van der Waals surface area contributed by atoms with Crippen LogP contribution in [0, 0.1) is 9.39 Å². The van der Waals surface area contributed by atoms with Crippen molar-refractivity contribution in [2.45, 2.75) is 6.92 Å². The molecule has 1 rings (SSSR count). The summed E-state index contributed by atoms with van der Waals surface area (Å²) >= 11 is 5.03. The van der Waals surface area contributed by atoms with Gasteiger partial charge in [0, 0.05) is 9.13 Å². The summed E-state index contributed by atoms with van der Waals surface area (Å²) in [4.78, 5) is 11.0. The second-order valence-corrected chi connectivity index (χ2v) is 4.23. The zero-order chi connectivity index (χ0) is 9.30. The van der Waals surface area contributed by atoms with Gasteiger partial charge in [-0.2, -0.15) is 0 Å². The lowest BCUT2D eigenvalue weighted by molar-refractivity contribution is 0.101. The lowest BCUT2D eigenvalue weighted by Gasteiger charge is -2.03. The van der Waals surface area contributed by atoms with Crippen molar-refractivity contribution in [3.8, 4) is 0 Å². The number of benzene rings is 1. The Morgan fingerprint density at radius 3 is 2.58 bits per heavy atom. The molecule has 0 unspecified atom stereocenters. The van der Waals surface area contributed by atoms with Crippen LogP contribution in [0.5, 0.6) is 0 Å². The van der Waals surface area contributed by atoms with Crippen molar-refractivity contribution in [2.75, 3.05) is 0 Å². The van der Waals surface area contributed by atoms with E-state index in [9.17, 15) is 9.18 Å². The molecule has 0 spiro atoms. The summed E-state index contributed by atoms with van der Waals surface area (Å²) in [7, 11) is 0. The molecule has 0 aliphatic heterocycles. The van der Waals surface area contributed by atoms with E-state index in [1.165, 1.54) is 13.0 Å². The van der Waals surface area contributed by atoms with Gasteiger partial charge in [-0.3, -0.25) is 4.79 Å². The average Bonchev–Trinajstić information content (AvgIpc) is 1.97. The van der Waals surface area contributed by atoms with Gasteiger partial charge in [0.25, 0.3) is 0 Å². The number of carbonyl (C=O) groups excluding carboxylic acids is 1. The van der Waals surface area contributed by atoms with Gasteiger partial charge in [-0.15, -0.1) is 0 Å². The van der Waals surface area contributed by atoms with Gasteiger partial charge in [0.1, 0.15) is 5.82 Å². The second-order valence-electron chi connectivity index (χ2n) is 2.27. The number of Topliss-reactive ketones (excluding diaryl/α,β-unsaturated/α-hetero) is 1. The van der Waals surface area contributed by atoms with Crippen molar-refractivity contribution in [1.82, 2.24) is 0 Å². The molecule has 1 aromatic rings. The third kappa shape index (κ3) is 1.85. The first-order chi connectivity index (χ1) is 5.54. The minimum Gasteiger partial charge on any atom is -0.294 e. The lowest BCUT2D eigenvalue weighted by Crippen LogP contribution is -1.99. The lowest BCUT2D eigenvalue weighted by atomic mass is 10.1. The monoisotopic (exact) mass is 342 g/mol. The Balaban J connectivity index is 3.43. The molecule has 0 amide bonds. The van der Waals surface area contributed by atoms with Crippen molar-refractivity contribution >= 4 is 44.3 Å². The van der Waals surface area contributed by atoms with Gasteiger partial charge in [0.05, 0.1) is 4.47 Å². The maximum absolute atomic E-state index is 12.9. The highest BCUT2D eigenvalue weighted by Crippen LogP contribution is 2.25. The van der Waals surface area contributed by atoms with Crippen LogP contribution in [-0.4, -0.2) is 5.78 Å². The summed E-state index contributed by atoms with van der Waals surface area (Å²) < 4.78 is 13.9. The Bertz CT molecular complexity index is 338. The Morgan fingerprint density at radius 2 is 2.17 bits per heavy atom. The van der Waals surface area contributed by atoms with Crippen LogP contribution in [0.1, 0.15) is 17.3 Å². The molecular weight excluding hydrogens is 338 g/mol. The van der Waals surface area contributed by atoms with Gasteiger partial charge >= 0.3 is 0 Å². The van der Waals surface area contributed by atoms with E-state index in [2.05, 4.69) is 15.9 Å². The second kappa shape index (κ2) is 3.83. The van der Waals surface area contributed by atoms with Gasteiger partial charge in [-0.25, -0.2) is 4.39 Å². The molecule has 12 heavy (non-hydrogen) atoms. The van der Waals surface area contributed by atoms with E-state index in [0.29, 0.717) is 5.56 Å².